The van der Waals surface area contributed by atoms with Gasteiger partial charge in [0.05, 0.1) is 16.9 Å². The molecule has 1 saturated carbocycles. The van der Waals surface area contributed by atoms with Gasteiger partial charge in [-0.15, -0.1) is 0 Å². The first kappa shape index (κ1) is 11.8. The second-order valence-electron chi connectivity index (χ2n) is 5.88. The molecule has 1 aromatic carbocycles. The average molecular weight is 248 g/mol. The van der Waals surface area contributed by atoms with Crippen molar-refractivity contribution >= 4 is 11.4 Å². The van der Waals surface area contributed by atoms with Gasteiger partial charge in [-0.3, -0.25) is 0 Å². The van der Waals surface area contributed by atoms with E-state index in [1.54, 1.807) is 12.1 Å². The molecule has 1 aliphatic heterocycles. The Morgan fingerprint density at radius 2 is 2.00 bits per heavy atom. The highest BCUT2D eigenvalue weighted by Crippen LogP contribution is 2.46. The molecule has 0 radical (unpaired) electrons. The standard InChI is InChI=1S/C15H21FN2/c1-11(2)18-14-12(16)6-5-7-13(14)17-10-15(18)8-3-4-9-15/h5-7,11,17H,3-4,8-10H2,1-2H3. The molecule has 0 unspecified atom stereocenters. The molecule has 1 spiro atoms. The molecule has 0 atom stereocenters. The summed E-state index contributed by atoms with van der Waals surface area (Å²) in [7, 11) is 0. The molecule has 1 aromatic rings. The number of para-hydroxylation sites is 1. The summed E-state index contributed by atoms with van der Waals surface area (Å²) in [6, 6.07) is 5.67. The van der Waals surface area contributed by atoms with Crippen LogP contribution in [-0.4, -0.2) is 18.1 Å². The van der Waals surface area contributed by atoms with Gasteiger partial charge in [0.15, 0.2) is 0 Å². The van der Waals surface area contributed by atoms with Crippen molar-refractivity contribution in [2.45, 2.75) is 51.1 Å². The van der Waals surface area contributed by atoms with E-state index in [9.17, 15) is 4.39 Å². The number of benzene rings is 1. The quantitative estimate of drug-likeness (QED) is 0.813. The Kier molecular flexibility index (Phi) is 2.72. The smallest absolute Gasteiger partial charge is 0.148 e. The van der Waals surface area contributed by atoms with Crippen LogP contribution < -0.4 is 10.2 Å². The third-order valence-electron chi connectivity index (χ3n) is 4.40. The zero-order chi connectivity index (χ0) is 12.8. The first-order valence-corrected chi connectivity index (χ1v) is 6.96. The zero-order valence-electron chi connectivity index (χ0n) is 11.2. The van der Waals surface area contributed by atoms with Crippen LogP contribution in [0, 0.1) is 5.82 Å². The Labute approximate surface area is 108 Å². The molecule has 1 fully saturated rings. The Morgan fingerprint density at radius 3 is 2.67 bits per heavy atom. The van der Waals surface area contributed by atoms with E-state index < -0.39 is 0 Å². The van der Waals surface area contributed by atoms with Crippen LogP contribution in [0.2, 0.25) is 0 Å². The van der Waals surface area contributed by atoms with Crippen molar-refractivity contribution < 1.29 is 4.39 Å². The van der Waals surface area contributed by atoms with Crippen LogP contribution in [0.4, 0.5) is 15.8 Å². The average Bonchev–Trinajstić information content (AvgIpc) is 2.79. The van der Waals surface area contributed by atoms with E-state index in [4.69, 9.17) is 0 Å². The Bertz CT molecular complexity index is 450. The second-order valence-corrected chi connectivity index (χ2v) is 5.88. The molecule has 1 N–H and O–H groups in total. The highest BCUT2D eigenvalue weighted by Gasteiger charge is 2.44. The van der Waals surface area contributed by atoms with Crippen LogP contribution in [0.25, 0.3) is 0 Å². The lowest BCUT2D eigenvalue weighted by atomic mass is 9.89. The zero-order valence-corrected chi connectivity index (χ0v) is 11.2. The molecule has 3 heteroatoms. The Balaban J connectivity index is 2.12. The summed E-state index contributed by atoms with van der Waals surface area (Å²) < 4.78 is 14.2. The molecule has 1 aliphatic carbocycles. The van der Waals surface area contributed by atoms with Gasteiger partial charge < -0.3 is 10.2 Å². The van der Waals surface area contributed by atoms with Crippen molar-refractivity contribution in [2.75, 3.05) is 16.8 Å². The minimum absolute atomic E-state index is 0.0975. The molecule has 1 heterocycles. The fraction of sp³-hybridized carbons (Fsp3) is 0.600. The Morgan fingerprint density at radius 1 is 1.28 bits per heavy atom. The molecular weight excluding hydrogens is 227 g/mol. The molecule has 0 bridgehead atoms. The number of fused-ring (bicyclic) bond motifs is 1. The van der Waals surface area contributed by atoms with Crippen LogP contribution >= 0.6 is 0 Å². The van der Waals surface area contributed by atoms with Crippen molar-refractivity contribution in [3.63, 3.8) is 0 Å². The molecular formula is C15H21FN2. The maximum absolute atomic E-state index is 14.2. The lowest BCUT2D eigenvalue weighted by Crippen LogP contribution is -2.57. The fourth-order valence-electron chi connectivity index (χ4n) is 3.74. The SMILES string of the molecule is CC(C)N1c2c(F)cccc2NCC12CCCC2. The van der Waals surface area contributed by atoms with E-state index in [2.05, 4.69) is 24.1 Å². The van der Waals surface area contributed by atoms with Gasteiger partial charge in [-0.25, -0.2) is 4.39 Å². The van der Waals surface area contributed by atoms with Crippen molar-refractivity contribution in [1.29, 1.82) is 0 Å². The van der Waals surface area contributed by atoms with Crippen molar-refractivity contribution in [2.24, 2.45) is 0 Å². The van der Waals surface area contributed by atoms with Crippen LogP contribution in [0.1, 0.15) is 39.5 Å². The predicted octanol–water partition coefficient (Wildman–Crippen LogP) is 3.78. The van der Waals surface area contributed by atoms with E-state index in [1.165, 1.54) is 25.7 Å². The van der Waals surface area contributed by atoms with Gasteiger partial charge >= 0.3 is 0 Å². The predicted molar refractivity (Wildman–Crippen MR) is 73.7 cm³/mol. The number of halogens is 1. The fourth-order valence-corrected chi connectivity index (χ4v) is 3.74. The summed E-state index contributed by atoms with van der Waals surface area (Å²) in [5.74, 6) is -0.0975. The van der Waals surface area contributed by atoms with Crippen LogP contribution in [-0.2, 0) is 0 Å². The summed E-state index contributed by atoms with van der Waals surface area (Å²) >= 11 is 0. The minimum atomic E-state index is -0.0975. The molecule has 0 saturated heterocycles. The van der Waals surface area contributed by atoms with Crippen LogP contribution in [0.15, 0.2) is 18.2 Å². The van der Waals surface area contributed by atoms with E-state index in [1.807, 2.05) is 6.07 Å². The van der Waals surface area contributed by atoms with Gasteiger partial charge in [0.25, 0.3) is 0 Å². The normalized spacial score (nSPS) is 21.2. The summed E-state index contributed by atoms with van der Waals surface area (Å²) in [6.07, 6.45) is 4.86. The van der Waals surface area contributed by atoms with Crippen molar-refractivity contribution in [3.8, 4) is 0 Å². The summed E-state index contributed by atoms with van der Waals surface area (Å²) in [4.78, 5) is 2.33. The molecule has 98 valence electrons. The molecule has 0 amide bonds. The molecule has 18 heavy (non-hydrogen) atoms. The lowest BCUT2D eigenvalue weighted by Gasteiger charge is -2.50. The molecule has 3 rings (SSSR count). The van der Waals surface area contributed by atoms with Gasteiger partial charge in [0, 0.05) is 12.6 Å². The van der Waals surface area contributed by atoms with E-state index in [-0.39, 0.29) is 11.4 Å². The number of anilines is 2. The summed E-state index contributed by atoms with van der Waals surface area (Å²) in [5, 5.41) is 3.44. The highest BCUT2D eigenvalue weighted by atomic mass is 19.1. The van der Waals surface area contributed by atoms with Gasteiger partial charge in [0.2, 0.25) is 0 Å². The number of hydrogen-bond acceptors (Lipinski definition) is 2. The Hall–Kier alpha value is -1.25. The number of nitrogens with zero attached hydrogens (tertiary/aromatic N) is 1. The monoisotopic (exact) mass is 248 g/mol. The first-order chi connectivity index (χ1) is 8.64. The topological polar surface area (TPSA) is 15.3 Å². The lowest BCUT2D eigenvalue weighted by molar-refractivity contribution is 0.375. The van der Waals surface area contributed by atoms with Crippen LogP contribution in [0.3, 0.4) is 0 Å². The summed E-state index contributed by atoms with van der Waals surface area (Å²) in [6.45, 7) is 5.28. The van der Waals surface area contributed by atoms with E-state index in [0.717, 1.165) is 17.9 Å². The highest BCUT2D eigenvalue weighted by molar-refractivity contribution is 5.75. The first-order valence-electron chi connectivity index (χ1n) is 6.96. The molecule has 2 aliphatic rings. The largest absolute Gasteiger partial charge is 0.381 e. The van der Waals surface area contributed by atoms with Gasteiger partial charge in [-0.1, -0.05) is 18.9 Å². The molecule has 0 aromatic heterocycles. The number of rotatable bonds is 1. The van der Waals surface area contributed by atoms with E-state index in [0.29, 0.717) is 6.04 Å². The van der Waals surface area contributed by atoms with Crippen LogP contribution in [0.5, 0.6) is 0 Å². The summed E-state index contributed by atoms with van der Waals surface area (Å²) in [5.41, 5.74) is 1.85. The third kappa shape index (κ3) is 1.60. The van der Waals surface area contributed by atoms with Crippen molar-refractivity contribution in [3.05, 3.63) is 24.0 Å². The molecule has 2 nitrogen and oxygen atoms in total. The second kappa shape index (κ2) is 4.15. The minimum Gasteiger partial charge on any atom is -0.381 e. The third-order valence-corrected chi connectivity index (χ3v) is 4.40. The maximum Gasteiger partial charge on any atom is 0.148 e. The number of hydrogen-bond donors (Lipinski definition) is 1. The number of nitrogens with one attached hydrogen (secondary N) is 1. The maximum atomic E-state index is 14.2. The van der Waals surface area contributed by atoms with Gasteiger partial charge in [-0.05, 0) is 38.8 Å². The van der Waals surface area contributed by atoms with E-state index >= 15 is 0 Å². The van der Waals surface area contributed by atoms with Crippen molar-refractivity contribution in [1.82, 2.24) is 0 Å². The van der Waals surface area contributed by atoms with Gasteiger partial charge in [-0.2, -0.15) is 0 Å². The van der Waals surface area contributed by atoms with Gasteiger partial charge in [0.1, 0.15) is 5.82 Å².